The molecule has 0 radical (unpaired) electrons. The van der Waals surface area contributed by atoms with Gasteiger partial charge in [0, 0.05) is 21.9 Å². The lowest BCUT2D eigenvalue weighted by atomic mass is 9.95. The molecule has 0 saturated carbocycles. The first kappa shape index (κ1) is 27.5. The molecule has 0 aliphatic rings. The normalized spacial score (nSPS) is 11.7. The van der Waals surface area contributed by atoms with E-state index in [9.17, 15) is 0 Å². The van der Waals surface area contributed by atoms with Gasteiger partial charge in [-0.15, -0.1) is 0 Å². The Bertz CT molecular complexity index is 2740. The maximum atomic E-state index is 5.23. The van der Waals surface area contributed by atoms with Crippen LogP contribution in [0.2, 0.25) is 0 Å². The first-order valence-corrected chi connectivity index (χ1v) is 16.5. The lowest BCUT2D eigenvalue weighted by Gasteiger charge is -2.11. The molecule has 0 amide bonds. The van der Waals surface area contributed by atoms with Crippen LogP contribution in [0, 0.1) is 0 Å². The zero-order valence-corrected chi connectivity index (χ0v) is 26.5. The number of hydrogen-bond donors (Lipinski definition) is 0. The number of fused-ring (bicyclic) bond motifs is 5. The summed E-state index contributed by atoms with van der Waals surface area (Å²) in [6, 6.07) is 59.8. The lowest BCUT2D eigenvalue weighted by Crippen LogP contribution is -2.06. The molecule has 0 aliphatic heterocycles. The highest BCUT2D eigenvalue weighted by atomic mass is 15.2. The number of hydrogen-bond acceptors (Lipinski definition) is 3. The maximum Gasteiger partial charge on any atom is 0.238 e. The molecule has 4 nitrogen and oxygen atoms in total. The van der Waals surface area contributed by atoms with Crippen molar-refractivity contribution in [3.63, 3.8) is 0 Å². The second kappa shape index (κ2) is 11.0. The maximum absolute atomic E-state index is 5.23. The summed E-state index contributed by atoms with van der Waals surface area (Å²) in [5, 5.41) is 9.70. The zero-order valence-electron chi connectivity index (χ0n) is 26.5. The van der Waals surface area contributed by atoms with E-state index in [1.165, 1.54) is 48.7 Å². The summed E-state index contributed by atoms with van der Waals surface area (Å²) in [5.41, 5.74) is 6.32. The van der Waals surface area contributed by atoms with E-state index in [1.807, 2.05) is 24.3 Å². The molecule has 0 unspecified atom stereocenters. The van der Waals surface area contributed by atoms with Gasteiger partial charge in [-0.25, -0.2) is 4.98 Å². The summed E-state index contributed by atoms with van der Waals surface area (Å²) < 4.78 is 2.23. The van der Waals surface area contributed by atoms with Crippen molar-refractivity contribution in [3.8, 4) is 39.9 Å². The third-order valence-corrected chi connectivity index (χ3v) is 9.65. The fourth-order valence-electron chi connectivity index (χ4n) is 7.43. The molecule has 2 heterocycles. The molecule has 0 saturated heterocycles. The molecule has 0 aliphatic carbocycles. The number of aromatic nitrogens is 4. The molecular weight excluding hydrogens is 597 g/mol. The van der Waals surface area contributed by atoms with Crippen LogP contribution in [-0.2, 0) is 0 Å². The van der Waals surface area contributed by atoms with Gasteiger partial charge >= 0.3 is 0 Å². The Hall–Kier alpha value is -6.65. The van der Waals surface area contributed by atoms with Gasteiger partial charge in [0.1, 0.15) is 0 Å². The highest BCUT2D eigenvalue weighted by Crippen LogP contribution is 2.42. The third kappa shape index (κ3) is 4.35. The minimum Gasteiger partial charge on any atom is -0.278 e. The van der Waals surface area contributed by atoms with Crippen LogP contribution in [0.5, 0.6) is 0 Å². The van der Waals surface area contributed by atoms with E-state index >= 15 is 0 Å². The van der Waals surface area contributed by atoms with Crippen LogP contribution >= 0.6 is 0 Å². The molecule has 0 N–H and O–H groups in total. The third-order valence-electron chi connectivity index (χ3n) is 9.65. The number of nitrogens with zero attached hydrogens (tertiary/aromatic N) is 4. The second-order valence-electron chi connectivity index (χ2n) is 12.4. The van der Waals surface area contributed by atoms with E-state index < -0.39 is 0 Å². The summed E-state index contributed by atoms with van der Waals surface area (Å²) in [4.78, 5) is 15.5. The minimum atomic E-state index is 0.589. The largest absolute Gasteiger partial charge is 0.278 e. The first-order chi connectivity index (χ1) is 24.3. The molecular formula is C45H28N4. The lowest BCUT2D eigenvalue weighted by molar-refractivity contribution is 0.954. The van der Waals surface area contributed by atoms with Crippen molar-refractivity contribution in [2.24, 2.45) is 0 Å². The van der Waals surface area contributed by atoms with E-state index in [0.717, 1.165) is 27.7 Å². The Morgan fingerprint density at radius 1 is 0.286 bits per heavy atom. The van der Waals surface area contributed by atoms with Gasteiger partial charge in [-0.2, -0.15) is 9.97 Å². The molecule has 228 valence electrons. The van der Waals surface area contributed by atoms with Gasteiger partial charge in [0.25, 0.3) is 0 Å². The van der Waals surface area contributed by atoms with Crippen LogP contribution in [0.15, 0.2) is 170 Å². The van der Waals surface area contributed by atoms with Crippen molar-refractivity contribution >= 4 is 54.1 Å². The first-order valence-electron chi connectivity index (χ1n) is 16.5. The van der Waals surface area contributed by atoms with Crippen LogP contribution in [0.25, 0.3) is 94.0 Å². The van der Waals surface area contributed by atoms with E-state index in [1.54, 1.807) is 0 Å². The van der Waals surface area contributed by atoms with Crippen LogP contribution in [-0.4, -0.2) is 19.5 Å². The Kier molecular flexibility index (Phi) is 6.15. The smallest absolute Gasteiger partial charge is 0.238 e. The van der Waals surface area contributed by atoms with Gasteiger partial charge in [-0.1, -0.05) is 158 Å². The number of benzene rings is 7. The van der Waals surface area contributed by atoms with Gasteiger partial charge in [0.2, 0.25) is 5.95 Å². The summed E-state index contributed by atoms with van der Waals surface area (Å²) in [6.45, 7) is 0. The summed E-state index contributed by atoms with van der Waals surface area (Å²) in [5.74, 6) is 1.85. The van der Waals surface area contributed by atoms with Crippen LogP contribution in [0.3, 0.4) is 0 Å². The average molecular weight is 625 g/mol. The van der Waals surface area contributed by atoms with E-state index in [2.05, 4.69) is 150 Å². The van der Waals surface area contributed by atoms with Gasteiger partial charge in [-0.3, -0.25) is 4.57 Å². The quantitative estimate of drug-likeness (QED) is 0.196. The second-order valence-corrected chi connectivity index (χ2v) is 12.4. The molecule has 8 aromatic carbocycles. The zero-order chi connectivity index (χ0) is 32.3. The van der Waals surface area contributed by atoms with Gasteiger partial charge in [-0.05, 0) is 55.6 Å². The van der Waals surface area contributed by atoms with E-state index in [4.69, 9.17) is 15.0 Å². The number of rotatable bonds is 4. The van der Waals surface area contributed by atoms with Crippen LogP contribution in [0.1, 0.15) is 0 Å². The van der Waals surface area contributed by atoms with Crippen molar-refractivity contribution in [2.45, 2.75) is 0 Å². The fourth-order valence-corrected chi connectivity index (χ4v) is 7.43. The summed E-state index contributed by atoms with van der Waals surface area (Å²) >= 11 is 0. The fraction of sp³-hybridized carbons (Fsp3) is 0. The van der Waals surface area contributed by atoms with Crippen molar-refractivity contribution in [1.82, 2.24) is 19.5 Å². The van der Waals surface area contributed by atoms with Crippen molar-refractivity contribution < 1.29 is 0 Å². The average Bonchev–Trinajstić information content (AvgIpc) is 3.53. The summed E-state index contributed by atoms with van der Waals surface area (Å²) in [7, 11) is 0. The molecule has 10 rings (SSSR count). The topological polar surface area (TPSA) is 43.6 Å². The highest BCUT2D eigenvalue weighted by molar-refractivity contribution is 6.33. The molecule has 0 atom stereocenters. The molecule has 49 heavy (non-hydrogen) atoms. The van der Waals surface area contributed by atoms with Crippen molar-refractivity contribution in [3.05, 3.63) is 170 Å². The molecule has 4 heteroatoms. The van der Waals surface area contributed by atoms with Gasteiger partial charge in [0.15, 0.2) is 11.6 Å². The molecule has 0 bridgehead atoms. The molecule has 10 aromatic rings. The SMILES string of the molecule is c1ccc(-c2ccc(-c3nc(-c4ccccc4)nc(-n4c5cccc6c7ccccc7c7ccccc7c7cccc4c7c65)n3)cc2)cc1. The standard InChI is InChI=1S/C45H28N4/c1-3-13-29(14-4-1)30-25-27-32(28-26-30)44-46-43(31-15-5-2-6-16-31)47-45(48-44)49-39-23-11-21-37-35-19-9-7-17-33(35)34-18-8-10-20-36(34)38-22-12-24-40(49)42(38)41(37)39/h1-28H. The Labute approximate surface area is 282 Å². The van der Waals surface area contributed by atoms with Gasteiger partial charge in [0.05, 0.1) is 11.0 Å². The van der Waals surface area contributed by atoms with Gasteiger partial charge < -0.3 is 0 Å². The summed E-state index contributed by atoms with van der Waals surface area (Å²) in [6.07, 6.45) is 0. The van der Waals surface area contributed by atoms with E-state index in [0.29, 0.717) is 17.6 Å². The predicted octanol–water partition coefficient (Wildman–Crippen LogP) is 11.4. The Balaban J connectivity index is 1.31. The monoisotopic (exact) mass is 624 g/mol. The predicted molar refractivity (Wildman–Crippen MR) is 203 cm³/mol. The van der Waals surface area contributed by atoms with Crippen molar-refractivity contribution in [2.75, 3.05) is 0 Å². The van der Waals surface area contributed by atoms with E-state index in [-0.39, 0.29) is 0 Å². The van der Waals surface area contributed by atoms with Crippen LogP contribution < -0.4 is 0 Å². The van der Waals surface area contributed by atoms with Crippen LogP contribution in [0.4, 0.5) is 0 Å². The Morgan fingerprint density at radius 3 is 1.16 bits per heavy atom. The van der Waals surface area contributed by atoms with Crippen molar-refractivity contribution in [1.29, 1.82) is 0 Å². The highest BCUT2D eigenvalue weighted by Gasteiger charge is 2.21. The minimum absolute atomic E-state index is 0.589. The molecule has 0 fully saturated rings. The molecule has 0 spiro atoms. The molecule has 2 aromatic heterocycles. The Morgan fingerprint density at radius 2 is 0.653 bits per heavy atom.